The van der Waals surface area contributed by atoms with Crippen molar-refractivity contribution in [1.29, 1.82) is 0 Å². The highest BCUT2D eigenvalue weighted by molar-refractivity contribution is 7.87. The van der Waals surface area contributed by atoms with Crippen LogP contribution in [0.25, 0.3) is 0 Å². The number of alkyl halides is 8. The van der Waals surface area contributed by atoms with Crippen molar-refractivity contribution in [2.45, 2.75) is 22.7 Å². The van der Waals surface area contributed by atoms with Crippen molar-refractivity contribution in [2.24, 2.45) is 0 Å². The van der Waals surface area contributed by atoms with Crippen molar-refractivity contribution in [3.8, 4) is 0 Å². The van der Waals surface area contributed by atoms with E-state index >= 15 is 0 Å². The molecule has 0 fully saturated rings. The third-order valence-electron chi connectivity index (χ3n) is 1.58. The fraction of sp³-hybridized carbons (Fsp3) is 1.00. The van der Waals surface area contributed by atoms with Crippen LogP contribution < -0.4 is 0 Å². The van der Waals surface area contributed by atoms with Crippen molar-refractivity contribution in [2.75, 3.05) is 0 Å². The summed E-state index contributed by atoms with van der Waals surface area (Å²) in [7, 11) is -14.2. The van der Waals surface area contributed by atoms with Gasteiger partial charge in [-0.25, -0.2) is 4.74 Å². The molecule has 0 aromatic carbocycles. The molecule has 0 amide bonds. The fourth-order valence-corrected chi connectivity index (χ4v) is 1.26. The highest BCUT2D eigenvalue weighted by Gasteiger charge is 2.77. The van der Waals surface area contributed by atoms with E-state index in [0.717, 1.165) is 0 Å². The maximum absolute atomic E-state index is 12.5. The molecule has 0 saturated carbocycles. The van der Waals surface area contributed by atoms with E-state index in [1.54, 1.807) is 4.74 Å². The first-order chi connectivity index (χ1) is 8.71. The summed E-state index contributed by atoms with van der Waals surface area (Å²) < 4.78 is 156. The van der Waals surface area contributed by atoms with E-state index in [0.29, 0.717) is 0 Å². The molecule has 2 N–H and O–H groups in total. The molecule has 0 rings (SSSR count). The summed E-state index contributed by atoms with van der Waals surface area (Å²) in [6.07, 6.45) is -14.0. The van der Waals surface area contributed by atoms with Gasteiger partial charge in [-0.3, -0.25) is 9.11 Å². The lowest BCUT2D eigenvalue weighted by molar-refractivity contribution is -0.443. The molecule has 17 heteroatoms. The number of halogens is 8. The van der Waals surface area contributed by atoms with Crippen LogP contribution in [-0.2, 0) is 25.0 Å². The van der Waals surface area contributed by atoms with Gasteiger partial charge in [-0.05, 0) is 0 Å². The first-order valence-corrected chi connectivity index (χ1v) is 6.74. The molecule has 21 heavy (non-hydrogen) atoms. The SMILES string of the molecule is O=S(=O)(O)C(F)(F)C(F)(F)OC(F)(F)C(F)(F)S(=O)(=O)O. The Morgan fingerprint density at radius 2 is 0.810 bits per heavy atom. The highest BCUT2D eigenvalue weighted by Crippen LogP contribution is 2.47. The standard InChI is InChI=1S/C4H2F8O7S2/c5-1(6,3(9,10)20(13,14)15)19-2(7,8)4(11,12)21(16,17)18/h(H,13,14,15)(H,16,17,18). The summed E-state index contributed by atoms with van der Waals surface area (Å²) in [5, 5.41) is -13.7. The number of hydrogen-bond donors (Lipinski definition) is 2. The smallest absolute Gasteiger partial charge is 0.281 e. The predicted octanol–water partition coefficient (Wildman–Crippen LogP) is 1.15. The lowest BCUT2D eigenvalue weighted by Crippen LogP contribution is -2.57. The Kier molecular flexibility index (Phi) is 4.68. The van der Waals surface area contributed by atoms with Crippen LogP contribution in [-0.4, -0.2) is 48.7 Å². The molecule has 0 aromatic heterocycles. The number of rotatable bonds is 6. The minimum atomic E-state index is -7.11. The van der Waals surface area contributed by atoms with E-state index in [1.807, 2.05) is 0 Å². The molecule has 0 aliphatic carbocycles. The summed E-state index contributed by atoms with van der Waals surface area (Å²) >= 11 is 0. The molecule has 0 bridgehead atoms. The van der Waals surface area contributed by atoms with Crippen LogP contribution in [0, 0.1) is 0 Å². The lowest BCUT2D eigenvalue weighted by Gasteiger charge is -2.29. The molecule has 128 valence electrons. The van der Waals surface area contributed by atoms with Gasteiger partial charge in [0.15, 0.2) is 0 Å². The van der Waals surface area contributed by atoms with Gasteiger partial charge < -0.3 is 0 Å². The zero-order chi connectivity index (χ0) is 17.7. The van der Waals surface area contributed by atoms with Crippen molar-refractivity contribution in [3.63, 3.8) is 0 Å². The van der Waals surface area contributed by atoms with Gasteiger partial charge in [-0.15, -0.1) is 0 Å². The van der Waals surface area contributed by atoms with Crippen LogP contribution in [0.5, 0.6) is 0 Å². The molecule has 0 radical (unpaired) electrons. The van der Waals surface area contributed by atoms with E-state index in [1.165, 1.54) is 0 Å². The van der Waals surface area contributed by atoms with Crippen LogP contribution >= 0.6 is 0 Å². The predicted molar refractivity (Wildman–Crippen MR) is 44.0 cm³/mol. The Labute approximate surface area is 110 Å². The first kappa shape index (κ1) is 20.2. The van der Waals surface area contributed by atoms with E-state index in [9.17, 15) is 52.0 Å². The van der Waals surface area contributed by atoms with Crippen LogP contribution in [0.4, 0.5) is 35.1 Å². The van der Waals surface area contributed by atoms with Crippen molar-refractivity contribution in [3.05, 3.63) is 0 Å². The zero-order valence-corrected chi connectivity index (χ0v) is 10.4. The molecule has 0 aliphatic heterocycles. The minimum Gasteiger partial charge on any atom is -0.281 e. The third kappa shape index (κ3) is 3.35. The van der Waals surface area contributed by atoms with Crippen LogP contribution in [0.15, 0.2) is 0 Å². The Balaban J connectivity index is 5.87. The van der Waals surface area contributed by atoms with Gasteiger partial charge in [-0.2, -0.15) is 52.0 Å². The second-order valence-corrected chi connectivity index (χ2v) is 6.05. The fourth-order valence-electron chi connectivity index (χ4n) is 0.580. The maximum atomic E-state index is 12.5. The minimum absolute atomic E-state index is 1.56. The van der Waals surface area contributed by atoms with Crippen LogP contribution in [0.3, 0.4) is 0 Å². The Bertz CT molecular complexity index is 553. The molecule has 0 aliphatic rings. The third-order valence-corrected chi connectivity index (χ3v) is 3.35. The molecular formula is C4H2F8O7S2. The molecule has 0 atom stereocenters. The van der Waals surface area contributed by atoms with Crippen molar-refractivity contribution >= 4 is 20.2 Å². The monoisotopic (exact) mass is 378 g/mol. The summed E-state index contributed by atoms with van der Waals surface area (Å²) in [4.78, 5) is 0. The normalized spacial score (nSPS) is 16.1. The second kappa shape index (κ2) is 4.86. The van der Waals surface area contributed by atoms with Gasteiger partial charge in [0.1, 0.15) is 0 Å². The Morgan fingerprint density at radius 1 is 0.619 bits per heavy atom. The molecule has 0 heterocycles. The molecule has 7 nitrogen and oxygen atoms in total. The van der Waals surface area contributed by atoms with Gasteiger partial charge >= 0.3 is 43.0 Å². The summed E-state index contributed by atoms with van der Waals surface area (Å²) in [6.45, 7) is 0. The van der Waals surface area contributed by atoms with Crippen molar-refractivity contribution in [1.82, 2.24) is 0 Å². The second-order valence-electron chi connectivity index (χ2n) is 3.12. The zero-order valence-electron chi connectivity index (χ0n) is 8.78. The topological polar surface area (TPSA) is 118 Å². The molecule has 0 spiro atoms. The maximum Gasteiger partial charge on any atom is 0.460 e. The molecule has 0 saturated heterocycles. The Morgan fingerprint density at radius 3 is 0.952 bits per heavy atom. The number of ether oxygens (including phenoxy) is 1. The summed E-state index contributed by atoms with van der Waals surface area (Å²) in [5.74, 6) is 0. The summed E-state index contributed by atoms with van der Waals surface area (Å²) in [5.41, 5.74) is 0. The van der Waals surface area contributed by atoms with E-state index < -0.39 is 43.0 Å². The van der Waals surface area contributed by atoms with Gasteiger partial charge in [0.05, 0.1) is 0 Å². The molecule has 0 aromatic rings. The van der Waals surface area contributed by atoms with Crippen molar-refractivity contribution < 1.29 is 65.8 Å². The quantitative estimate of drug-likeness (QED) is 0.526. The summed E-state index contributed by atoms with van der Waals surface area (Å²) in [6, 6.07) is 0. The Hall–Kier alpha value is -0.780. The lowest BCUT2D eigenvalue weighted by atomic mass is 10.6. The van der Waals surface area contributed by atoms with Gasteiger partial charge in [-0.1, -0.05) is 0 Å². The van der Waals surface area contributed by atoms with Gasteiger partial charge in [0, 0.05) is 0 Å². The van der Waals surface area contributed by atoms with E-state index in [2.05, 4.69) is 0 Å². The van der Waals surface area contributed by atoms with E-state index in [-0.39, 0.29) is 0 Å². The van der Waals surface area contributed by atoms with Crippen LogP contribution in [0.2, 0.25) is 0 Å². The average Bonchev–Trinajstić information content (AvgIpc) is 2.11. The molecule has 0 unspecified atom stereocenters. The largest absolute Gasteiger partial charge is 0.460 e. The van der Waals surface area contributed by atoms with Gasteiger partial charge in [0.2, 0.25) is 0 Å². The van der Waals surface area contributed by atoms with E-state index in [4.69, 9.17) is 9.11 Å². The number of hydrogen-bond acceptors (Lipinski definition) is 5. The molecular weight excluding hydrogens is 376 g/mol. The average molecular weight is 378 g/mol. The van der Waals surface area contributed by atoms with Gasteiger partial charge in [0.25, 0.3) is 0 Å². The highest BCUT2D eigenvalue weighted by atomic mass is 32.2. The van der Waals surface area contributed by atoms with Crippen LogP contribution in [0.1, 0.15) is 0 Å². The first-order valence-electron chi connectivity index (χ1n) is 3.86.